The highest BCUT2D eigenvalue weighted by Crippen LogP contribution is 2.34. The highest BCUT2D eigenvalue weighted by molar-refractivity contribution is 8.20. The van der Waals surface area contributed by atoms with Crippen molar-refractivity contribution < 1.29 is 14.3 Å². The molecule has 0 radical (unpaired) electrons. The molecular formula is C15H19NO3S2. The minimum atomic E-state index is -0.489. The molecule has 0 bridgehead atoms. The summed E-state index contributed by atoms with van der Waals surface area (Å²) in [7, 11) is 0. The van der Waals surface area contributed by atoms with Gasteiger partial charge in [0.25, 0.3) is 5.71 Å². The normalized spacial score (nSPS) is 16.6. The molecular weight excluding hydrogens is 306 g/mol. The molecule has 1 heterocycles. The molecule has 1 fully saturated rings. The van der Waals surface area contributed by atoms with Crippen LogP contribution in [0.1, 0.15) is 18.9 Å². The van der Waals surface area contributed by atoms with Gasteiger partial charge < -0.3 is 9.94 Å². The largest absolute Gasteiger partial charge is 0.623 e. The fourth-order valence-electron chi connectivity index (χ4n) is 2.03. The third-order valence-corrected chi connectivity index (χ3v) is 6.06. The van der Waals surface area contributed by atoms with E-state index in [1.807, 2.05) is 30.3 Å². The molecule has 1 saturated heterocycles. The molecule has 4 nitrogen and oxygen atoms in total. The average molecular weight is 325 g/mol. The first-order valence-electron chi connectivity index (χ1n) is 6.95. The predicted octanol–water partition coefficient (Wildman–Crippen LogP) is 2.90. The molecule has 0 unspecified atom stereocenters. The van der Waals surface area contributed by atoms with Gasteiger partial charge in [0.1, 0.15) is 0 Å². The van der Waals surface area contributed by atoms with Crippen LogP contribution in [0.25, 0.3) is 0 Å². The molecule has 0 N–H and O–H groups in total. The third-order valence-electron chi connectivity index (χ3n) is 3.03. The standard InChI is InChI=1S/C15H19NO3S2/c1-2-19-15(17)13(10-14-20-8-9-21-14)16(18)11-12-6-4-3-5-7-12/h3-7,14H,2,8-11H2,1H3/b16-13+. The number of carbonyl (C=O) groups excluding carboxylic acids is 1. The zero-order valence-corrected chi connectivity index (χ0v) is 13.6. The second-order valence-electron chi connectivity index (χ2n) is 4.56. The number of benzene rings is 1. The molecule has 21 heavy (non-hydrogen) atoms. The highest BCUT2D eigenvalue weighted by Gasteiger charge is 2.28. The summed E-state index contributed by atoms with van der Waals surface area (Å²) in [5.41, 5.74) is 1.12. The zero-order valence-electron chi connectivity index (χ0n) is 12.0. The molecule has 0 atom stereocenters. The van der Waals surface area contributed by atoms with Gasteiger partial charge in [-0.3, -0.25) is 0 Å². The Labute approximate surface area is 133 Å². The van der Waals surface area contributed by atoms with E-state index in [9.17, 15) is 10.0 Å². The maximum atomic E-state index is 12.4. The van der Waals surface area contributed by atoms with Crippen molar-refractivity contribution in [2.75, 3.05) is 18.1 Å². The third kappa shape index (κ3) is 4.97. The lowest BCUT2D eigenvalue weighted by atomic mass is 10.2. The first-order valence-corrected chi connectivity index (χ1v) is 9.05. The monoisotopic (exact) mass is 325 g/mol. The van der Waals surface area contributed by atoms with E-state index in [0.717, 1.165) is 21.8 Å². The van der Waals surface area contributed by atoms with E-state index in [0.29, 0.717) is 6.42 Å². The molecule has 0 saturated carbocycles. The van der Waals surface area contributed by atoms with E-state index in [4.69, 9.17) is 4.74 Å². The second-order valence-corrected chi connectivity index (χ2v) is 7.48. The number of hydrogen-bond acceptors (Lipinski definition) is 5. The Morgan fingerprint density at radius 1 is 1.33 bits per heavy atom. The zero-order chi connectivity index (χ0) is 15.1. The molecule has 1 aromatic rings. The quantitative estimate of drug-likeness (QED) is 0.265. The second kappa shape index (κ2) is 8.34. The van der Waals surface area contributed by atoms with Gasteiger partial charge in [-0.2, -0.15) is 4.74 Å². The molecule has 1 aliphatic heterocycles. The Balaban J connectivity index is 2.14. The van der Waals surface area contributed by atoms with E-state index >= 15 is 0 Å². The number of carbonyl (C=O) groups is 1. The molecule has 0 spiro atoms. The van der Waals surface area contributed by atoms with Crippen LogP contribution in [-0.2, 0) is 16.1 Å². The maximum absolute atomic E-state index is 12.4. The number of hydrogen-bond donors (Lipinski definition) is 0. The van der Waals surface area contributed by atoms with Crippen LogP contribution < -0.4 is 0 Å². The van der Waals surface area contributed by atoms with E-state index in [-0.39, 0.29) is 23.4 Å². The van der Waals surface area contributed by atoms with Gasteiger partial charge in [-0.05, 0) is 6.92 Å². The molecule has 6 heteroatoms. The van der Waals surface area contributed by atoms with E-state index < -0.39 is 5.97 Å². The number of rotatable bonds is 6. The van der Waals surface area contributed by atoms with Crippen molar-refractivity contribution in [1.29, 1.82) is 0 Å². The number of ether oxygens (including phenoxy) is 1. The highest BCUT2D eigenvalue weighted by atomic mass is 32.2. The maximum Gasteiger partial charge on any atom is 0.399 e. The van der Waals surface area contributed by atoms with Crippen molar-refractivity contribution in [3.05, 3.63) is 41.1 Å². The Kier molecular flexibility index (Phi) is 6.45. The molecule has 2 rings (SSSR count). The summed E-state index contributed by atoms with van der Waals surface area (Å²) in [6, 6.07) is 9.44. The Bertz CT molecular complexity index is 499. The lowest BCUT2D eigenvalue weighted by Gasteiger charge is -2.13. The van der Waals surface area contributed by atoms with E-state index in [1.54, 1.807) is 30.4 Å². The first kappa shape index (κ1) is 16.2. The molecule has 114 valence electrons. The van der Waals surface area contributed by atoms with Crippen molar-refractivity contribution in [2.45, 2.75) is 24.5 Å². The van der Waals surface area contributed by atoms with Gasteiger partial charge in [-0.25, -0.2) is 4.79 Å². The summed E-state index contributed by atoms with van der Waals surface area (Å²) in [5.74, 6) is 1.66. The lowest BCUT2D eigenvalue weighted by molar-refractivity contribution is -0.475. The Hall–Kier alpha value is -1.14. The van der Waals surface area contributed by atoms with Crippen LogP contribution >= 0.6 is 23.5 Å². The summed E-state index contributed by atoms with van der Waals surface area (Å²) in [6.07, 6.45) is 0.463. The summed E-state index contributed by atoms with van der Waals surface area (Å²) >= 11 is 3.60. The molecule has 0 amide bonds. The van der Waals surface area contributed by atoms with Gasteiger partial charge >= 0.3 is 5.97 Å². The molecule has 0 aliphatic carbocycles. The minimum absolute atomic E-state index is 0.178. The van der Waals surface area contributed by atoms with Crippen molar-refractivity contribution in [1.82, 2.24) is 0 Å². The van der Waals surface area contributed by atoms with Gasteiger partial charge in [0.05, 0.1) is 17.6 Å². The minimum Gasteiger partial charge on any atom is -0.623 e. The summed E-state index contributed by atoms with van der Waals surface area (Å²) in [6.45, 7) is 2.21. The van der Waals surface area contributed by atoms with Crippen LogP contribution in [0.4, 0.5) is 0 Å². The van der Waals surface area contributed by atoms with Crippen LogP contribution in [0.15, 0.2) is 30.3 Å². The van der Waals surface area contributed by atoms with Gasteiger partial charge in [-0.1, -0.05) is 30.3 Å². The van der Waals surface area contributed by atoms with Crippen molar-refractivity contribution in [3.63, 3.8) is 0 Å². The Morgan fingerprint density at radius 3 is 2.62 bits per heavy atom. The summed E-state index contributed by atoms with van der Waals surface area (Å²) in [4.78, 5) is 12.0. The van der Waals surface area contributed by atoms with E-state index in [1.165, 1.54) is 0 Å². The van der Waals surface area contributed by atoms with Gasteiger partial charge in [-0.15, -0.1) is 23.5 Å². The van der Waals surface area contributed by atoms with Gasteiger partial charge in [0.15, 0.2) is 6.54 Å². The van der Waals surface area contributed by atoms with Crippen LogP contribution in [0.3, 0.4) is 0 Å². The smallest absolute Gasteiger partial charge is 0.399 e. The summed E-state index contributed by atoms with van der Waals surface area (Å²) in [5, 5.41) is 12.4. The number of esters is 1. The van der Waals surface area contributed by atoms with Crippen LogP contribution in [-0.4, -0.2) is 39.1 Å². The van der Waals surface area contributed by atoms with Crippen LogP contribution in [0.5, 0.6) is 0 Å². The fraction of sp³-hybridized carbons (Fsp3) is 0.467. The van der Waals surface area contributed by atoms with Crippen molar-refractivity contribution in [2.24, 2.45) is 0 Å². The number of thioether (sulfide) groups is 2. The topological polar surface area (TPSA) is 52.4 Å². The number of nitrogens with zero attached hydrogens (tertiary/aromatic N) is 1. The Morgan fingerprint density at radius 2 is 2.00 bits per heavy atom. The van der Waals surface area contributed by atoms with Crippen LogP contribution in [0, 0.1) is 5.21 Å². The fourth-order valence-corrected chi connectivity index (χ4v) is 4.84. The van der Waals surface area contributed by atoms with Crippen molar-refractivity contribution >= 4 is 35.2 Å². The molecule has 1 aromatic carbocycles. The van der Waals surface area contributed by atoms with Crippen molar-refractivity contribution in [3.8, 4) is 0 Å². The van der Waals surface area contributed by atoms with Crippen LogP contribution in [0.2, 0.25) is 0 Å². The predicted molar refractivity (Wildman–Crippen MR) is 88.7 cm³/mol. The lowest BCUT2D eigenvalue weighted by Crippen LogP contribution is -2.29. The average Bonchev–Trinajstić information content (AvgIpc) is 2.99. The first-order chi connectivity index (χ1) is 10.2. The number of hydroxylamine groups is 1. The SMILES string of the molecule is CCOC(=O)/C(CC1SCCS1)=[N+](/[O-])Cc1ccccc1. The van der Waals surface area contributed by atoms with Gasteiger partial charge in [0, 0.05) is 17.1 Å². The van der Waals surface area contributed by atoms with E-state index in [2.05, 4.69) is 0 Å². The molecule has 0 aromatic heterocycles. The summed E-state index contributed by atoms with van der Waals surface area (Å²) < 4.78 is 6.10. The van der Waals surface area contributed by atoms with Gasteiger partial charge in [0.2, 0.25) is 0 Å². The molecule has 1 aliphatic rings.